The number of halogens is 1. The van der Waals surface area contributed by atoms with Crippen LogP contribution in [0.4, 0.5) is 0 Å². The van der Waals surface area contributed by atoms with Gasteiger partial charge in [0, 0.05) is 11.6 Å². The normalized spacial score (nSPS) is 11.9. The van der Waals surface area contributed by atoms with E-state index in [1.165, 1.54) is 0 Å². The summed E-state index contributed by atoms with van der Waals surface area (Å²) in [6.07, 6.45) is -2.46. The first-order valence-electron chi connectivity index (χ1n) is 4.31. The summed E-state index contributed by atoms with van der Waals surface area (Å²) in [5.41, 5.74) is -3.08. The Morgan fingerprint density at radius 1 is 0.889 bits per heavy atom. The van der Waals surface area contributed by atoms with E-state index in [0.29, 0.717) is 0 Å². The second-order valence-corrected chi connectivity index (χ2v) is 3.87. The molecule has 0 aromatic carbocycles. The predicted molar refractivity (Wildman–Crippen MR) is 54.2 cm³/mol. The zero-order chi connectivity index (χ0) is 14.7. The molecular weight excluding hydrogens is 280 g/mol. The highest BCUT2D eigenvalue weighted by molar-refractivity contribution is 6.21. The summed E-state index contributed by atoms with van der Waals surface area (Å²) in [5.74, 6) is 0. The number of rotatable bonds is 7. The number of hydrogen-bond donors (Lipinski definition) is 0. The molecule has 0 aliphatic carbocycles. The highest BCUT2D eigenvalue weighted by Gasteiger charge is 2.71. The molecule has 0 heterocycles. The van der Waals surface area contributed by atoms with Gasteiger partial charge in [0.25, 0.3) is 0 Å². The van der Waals surface area contributed by atoms with Crippen molar-refractivity contribution in [3.05, 3.63) is 40.5 Å². The van der Waals surface area contributed by atoms with Crippen LogP contribution in [0, 0.1) is 40.5 Å². The molecule has 0 amide bonds. The lowest BCUT2D eigenvalue weighted by molar-refractivity contribution is -0.832. The highest BCUT2D eigenvalue weighted by atomic mass is 35.5. The third kappa shape index (κ3) is 2.42. The summed E-state index contributed by atoms with van der Waals surface area (Å²) in [4.78, 5) is 36.3. The first kappa shape index (κ1) is 15.9. The maximum absolute atomic E-state index is 10.7. The number of nitrogens with zero attached hydrogens (tertiary/aromatic N) is 4. The fourth-order valence-electron chi connectivity index (χ4n) is 1.13. The van der Waals surface area contributed by atoms with E-state index in [1.54, 1.807) is 0 Å². The van der Waals surface area contributed by atoms with Gasteiger partial charge in [0.05, 0.1) is 16.3 Å². The SMILES string of the molecule is CCC(CC(Cl)([N+](=O)[O-])[N+](=O)[O-])([N+](=O)[O-])[N+](=O)[O-]. The molecule has 0 spiro atoms. The van der Waals surface area contributed by atoms with Crippen LogP contribution in [0.1, 0.15) is 19.8 Å². The van der Waals surface area contributed by atoms with E-state index in [0.717, 1.165) is 6.92 Å². The Morgan fingerprint density at radius 2 is 1.22 bits per heavy atom. The van der Waals surface area contributed by atoms with Crippen molar-refractivity contribution in [2.45, 2.75) is 30.6 Å². The van der Waals surface area contributed by atoms with Crippen LogP contribution in [-0.4, -0.2) is 30.5 Å². The molecule has 12 nitrogen and oxygen atoms in total. The smallest absolute Gasteiger partial charge is 0.258 e. The fourth-order valence-corrected chi connectivity index (χ4v) is 1.35. The quantitative estimate of drug-likeness (QED) is 0.213. The van der Waals surface area contributed by atoms with E-state index in [1.807, 2.05) is 0 Å². The monoisotopic (exact) mass is 286 g/mol. The Bertz CT molecular complexity index is 382. The van der Waals surface area contributed by atoms with Gasteiger partial charge in [-0.25, -0.2) is 0 Å². The van der Waals surface area contributed by atoms with Gasteiger partial charge >= 0.3 is 10.8 Å². The zero-order valence-corrected chi connectivity index (χ0v) is 9.60. The summed E-state index contributed by atoms with van der Waals surface area (Å²) in [5, 5.41) is 38.8. The molecule has 0 radical (unpaired) electrons. The molecule has 0 aliphatic heterocycles. The average molecular weight is 287 g/mol. The van der Waals surface area contributed by atoms with Gasteiger partial charge in [-0.05, 0) is 0 Å². The van der Waals surface area contributed by atoms with Crippen LogP contribution < -0.4 is 0 Å². The van der Waals surface area contributed by atoms with Gasteiger partial charge in [-0.1, -0.05) is 6.92 Å². The fraction of sp³-hybridized carbons (Fsp3) is 1.00. The number of alkyl halides is 1. The van der Waals surface area contributed by atoms with Gasteiger partial charge in [-0.15, -0.1) is 0 Å². The number of nitro groups is 4. The van der Waals surface area contributed by atoms with Gasteiger partial charge in [-0.3, -0.25) is 40.5 Å². The minimum Gasteiger partial charge on any atom is -0.258 e. The second-order valence-electron chi connectivity index (χ2n) is 3.26. The first-order chi connectivity index (χ1) is 8.04. The Hall–Kier alpha value is -2.11. The Labute approximate surface area is 103 Å². The molecular formula is C5H7ClN4O8. The zero-order valence-electron chi connectivity index (χ0n) is 8.85. The van der Waals surface area contributed by atoms with E-state index < -0.39 is 43.3 Å². The van der Waals surface area contributed by atoms with Crippen LogP contribution >= 0.6 is 11.6 Å². The standard InChI is InChI=1S/C5H7ClN4O8/c1-2-4(7(11)12,8(13)14)3-5(6,9(15)16)10(17)18/h2-3H2,1H3. The highest BCUT2D eigenvalue weighted by Crippen LogP contribution is 2.33. The topological polar surface area (TPSA) is 173 Å². The summed E-state index contributed by atoms with van der Waals surface area (Å²) in [6, 6.07) is 0. The van der Waals surface area contributed by atoms with Crippen molar-refractivity contribution in [2.75, 3.05) is 0 Å². The molecule has 0 fully saturated rings. The summed E-state index contributed by atoms with van der Waals surface area (Å²) in [6.45, 7) is 1.00. The van der Waals surface area contributed by atoms with Gasteiger partial charge in [0.15, 0.2) is 0 Å². The van der Waals surface area contributed by atoms with Crippen LogP contribution in [0.25, 0.3) is 0 Å². The molecule has 13 heteroatoms. The maximum Gasteiger partial charge on any atom is 0.551 e. The van der Waals surface area contributed by atoms with Crippen LogP contribution in [0.5, 0.6) is 0 Å². The van der Waals surface area contributed by atoms with Crippen molar-refractivity contribution in [3.63, 3.8) is 0 Å². The number of hydrogen-bond acceptors (Lipinski definition) is 8. The van der Waals surface area contributed by atoms with Gasteiger partial charge in [0.2, 0.25) is 6.42 Å². The molecule has 0 atom stereocenters. The van der Waals surface area contributed by atoms with E-state index in [2.05, 4.69) is 0 Å². The Morgan fingerprint density at radius 3 is 1.39 bits per heavy atom. The first-order valence-corrected chi connectivity index (χ1v) is 4.69. The maximum atomic E-state index is 10.7. The van der Waals surface area contributed by atoms with Crippen molar-refractivity contribution in [1.29, 1.82) is 0 Å². The Kier molecular flexibility index (Phi) is 4.44. The van der Waals surface area contributed by atoms with E-state index in [4.69, 9.17) is 11.6 Å². The molecule has 0 aromatic heterocycles. The molecule has 0 unspecified atom stereocenters. The van der Waals surface area contributed by atoms with E-state index in [9.17, 15) is 40.5 Å². The van der Waals surface area contributed by atoms with E-state index >= 15 is 0 Å². The van der Waals surface area contributed by atoms with Gasteiger partial charge in [0.1, 0.15) is 9.85 Å². The van der Waals surface area contributed by atoms with Crippen LogP contribution in [-0.2, 0) is 0 Å². The average Bonchev–Trinajstić information content (AvgIpc) is 2.23. The van der Waals surface area contributed by atoms with Gasteiger partial charge < -0.3 is 0 Å². The largest absolute Gasteiger partial charge is 0.551 e. The lowest BCUT2D eigenvalue weighted by Gasteiger charge is -2.17. The third-order valence-corrected chi connectivity index (χ3v) is 2.72. The summed E-state index contributed by atoms with van der Waals surface area (Å²) in [7, 11) is 0. The molecule has 0 aromatic rings. The van der Waals surface area contributed by atoms with Crippen LogP contribution in [0.3, 0.4) is 0 Å². The molecule has 0 rings (SSSR count). The minimum absolute atomic E-state index is 0.789. The lowest BCUT2D eigenvalue weighted by atomic mass is 10.0. The molecule has 18 heavy (non-hydrogen) atoms. The summed E-state index contributed by atoms with van der Waals surface area (Å²) < 4.78 is 0. The van der Waals surface area contributed by atoms with Crippen LogP contribution in [0.2, 0.25) is 0 Å². The van der Waals surface area contributed by atoms with Crippen molar-refractivity contribution in [3.8, 4) is 0 Å². The van der Waals surface area contributed by atoms with Crippen molar-refractivity contribution in [1.82, 2.24) is 0 Å². The molecule has 0 N–H and O–H groups in total. The second kappa shape index (κ2) is 5.03. The molecule has 0 bridgehead atoms. The summed E-state index contributed by atoms with van der Waals surface area (Å²) >= 11 is 5.05. The third-order valence-electron chi connectivity index (χ3n) is 2.31. The molecule has 0 aliphatic rings. The lowest BCUT2D eigenvalue weighted by Crippen LogP contribution is -2.55. The van der Waals surface area contributed by atoms with Crippen molar-refractivity contribution < 1.29 is 19.7 Å². The van der Waals surface area contributed by atoms with Crippen LogP contribution in [0.15, 0.2) is 0 Å². The molecule has 0 saturated carbocycles. The van der Waals surface area contributed by atoms with Gasteiger partial charge in [-0.2, -0.15) is 0 Å². The molecule has 0 saturated heterocycles. The predicted octanol–water partition coefficient (Wildman–Crippen LogP) is 0.482. The van der Waals surface area contributed by atoms with E-state index in [-0.39, 0.29) is 0 Å². The molecule has 102 valence electrons. The minimum atomic E-state index is -3.52. The van der Waals surface area contributed by atoms with Crippen molar-refractivity contribution in [2.24, 2.45) is 0 Å². The van der Waals surface area contributed by atoms with Crippen molar-refractivity contribution >= 4 is 11.6 Å². The Balaban J connectivity index is 5.72.